The molecule has 13 heteroatoms. The zero-order chi connectivity index (χ0) is 24.2. The maximum absolute atomic E-state index is 12.9. The maximum Gasteiger partial charge on any atom is 0.314 e. The maximum atomic E-state index is 12.9. The number of amides is 3. The second-order valence-electron chi connectivity index (χ2n) is 8.02. The number of anilines is 1. The number of hydrogen-bond donors (Lipinski definition) is 4. The van der Waals surface area contributed by atoms with Gasteiger partial charge < -0.3 is 25.8 Å². The van der Waals surface area contributed by atoms with Crippen LogP contribution in [-0.2, 0) is 32.1 Å². The zero-order valence-electron chi connectivity index (χ0n) is 17.9. The van der Waals surface area contributed by atoms with Gasteiger partial charge in [0.1, 0.15) is 5.82 Å². The number of carbonyl (C=O) groups is 4. The predicted molar refractivity (Wildman–Crippen MR) is 122 cm³/mol. The number of hydrogen-bond acceptors (Lipinski definition) is 8. The SMILES string of the molecule is O=C(Nc1ccc(Cl)cn1)C(=O)N[C@H]1CC[C@H](C(=O)O)C[C@H]1NC(=O)c1nc2c(s1)COCC2. The van der Waals surface area contributed by atoms with Gasteiger partial charge in [-0.25, -0.2) is 9.97 Å². The summed E-state index contributed by atoms with van der Waals surface area (Å²) in [6, 6.07) is 1.65. The van der Waals surface area contributed by atoms with Crippen LogP contribution < -0.4 is 16.0 Å². The number of pyridine rings is 1. The van der Waals surface area contributed by atoms with E-state index in [9.17, 15) is 24.3 Å². The topological polar surface area (TPSA) is 160 Å². The fourth-order valence-electron chi connectivity index (χ4n) is 3.94. The molecule has 0 bridgehead atoms. The fourth-order valence-corrected chi connectivity index (χ4v) is 5.00. The highest BCUT2D eigenvalue weighted by Crippen LogP contribution is 2.27. The minimum Gasteiger partial charge on any atom is -0.481 e. The van der Waals surface area contributed by atoms with Crippen molar-refractivity contribution < 1.29 is 29.0 Å². The molecule has 4 N–H and O–H groups in total. The molecule has 2 aromatic rings. The van der Waals surface area contributed by atoms with E-state index in [0.717, 1.165) is 10.6 Å². The van der Waals surface area contributed by atoms with E-state index in [1.807, 2.05) is 0 Å². The highest BCUT2D eigenvalue weighted by Gasteiger charge is 2.37. The molecule has 4 rings (SSSR count). The molecule has 1 saturated carbocycles. The standard InChI is InChI=1S/C21H22ClN5O6S/c22-11-2-4-16(23-8-11)27-18(29)17(28)24-12-3-1-10(21(31)32)7-14(12)25-19(30)20-26-13-5-6-33-9-15(13)34-20/h2,4,8,10,12,14H,1,3,5-7,9H2,(H,24,28)(H,25,30)(H,31,32)(H,23,27,29)/t10-,12-,14+/m0/s1. The van der Waals surface area contributed by atoms with Crippen LogP contribution in [0.15, 0.2) is 18.3 Å². The third-order valence-corrected chi connectivity index (χ3v) is 6.99. The van der Waals surface area contributed by atoms with Crippen LogP contribution >= 0.6 is 22.9 Å². The molecule has 2 aromatic heterocycles. The van der Waals surface area contributed by atoms with E-state index in [4.69, 9.17) is 16.3 Å². The number of aliphatic carboxylic acids is 1. The van der Waals surface area contributed by atoms with E-state index in [0.29, 0.717) is 31.1 Å². The Hall–Kier alpha value is -3.09. The molecule has 3 atom stereocenters. The summed E-state index contributed by atoms with van der Waals surface area (Å²) in [7, 11) is 0. The summed E-state index contributed by atoms with van der Waals surface area (Å²) < 4.78 is 5.39. The number of nitrogens with zero attached hydrogens (tertiary/aromatic N) is 2. The van der Waals surface area contributed by atoms with Crippen molar-refractivity contribution in [3.05, 3.63) is 38.9 Å². The van der Waals surface area contributed by atoms with Crippen molar-refractivity contribution in [2.24, 2.45) is 5.92 Å². The number of carbonyl (C=O) groups excluding carboxylic acids is 3. The smallest absolute Gasteiger partial charge is 0.314 e. The van der Waals surface area contributed by atoms with Gasteiger partial charge >= 0.3 is 17.8 Å². The molecule has 0 radical (unpaired) electrons. The zero-order valence-corrected chi connectivity index (χ0v) is 19.4. The first-order chi connectivity index (χ1) is 16.3. The summed E-state index contributed by atoms with van der Waals surface area (Å²) >= 11 is 6.99. The molecule has 0 saturated heterocycles. The van der Waals surface area contributed by atoms with Gasteiger partial charge in [0.15, 0.2) is 5.01 Å². The van der Waals surface area contributed by atoms with Crippen LogP contribution in [0.2, 0.25) is 5.02 Å². The lowest BCUT2D eigenvalue weighted by Gasteiger charge is -2.35. The van der Waals surface area contributed by atoms with Crippen LogP contribution in [0.5, 0.6) is 0 Å². The molecule has 2 aliphatic rings. The van der Waals surface area contributed by atoms with E-state index < -0.39 is 41.7 Å². The number of fused-ring (bicyclic) bond motifs is 1. The minimum absolute atomic E-state index is 0.112. The van der Waals surface area contributed by atoms with Gasteiger partial charge in [0, 0.05) is 18.7 Å². The summed E-state index contributed by atoms with van der Waals surface area (Å²) in [5.74, 6) is -3.81. The second-order valence-corrected chi connectivity index (χ2v) is 9.54. The minimum atomic E-state index is -0.975. The number of carboxylic acids is 1. The molecule has 3 heterocycles. The van der Waals surface area contributed by atoms with Crippen LogP contribution in [0.25, 0.3) is 0 Å². The molecule has 3 amide bonds. The highest BCUT2D eigenvalue weighted by atomic mass is 35.5. The molecule has 1 aliphatic carbocycles. The lowest BCUT2D eigenvalue weighted by molar-refractivity contribution is -0.143. The molecule has 0 unspecified atom stereocenters. The Morgan fingerprint density at radius 3 is 2.65 bits per heavy atom. The molecule has 0 spiro atoms. The molecule has 34 heavy (non-hydrogen) atoms. The molecule has 180 valence electrons. The van der Waals surface area contributed by atoms with Gasteiger partial charge in [0.25, 0.3) is 5.91 Å². The number of thiazole rings is 1. The molecule has 1 fully saturated rings. The van der Waals surface area contributed by atoms with Gasteiger partial charge in [0.05, 0.1) is 40.8 Å². The van der Waals surface area contributed by atoms with Crippen LogP contribution in [0.3, 0.4) is 0 Å². The van der Waals surface area contributed by atoms with E-state index in [2.05, 4.69) is 25.9 Å². The first-order valence-electron chi connectivity index (χ1n) is 10.6. The second kappa shape index (κ2) is 10.5. The quantitative estimate of drug-likeness (QED) is 0.441. The Labute approximate surface area is 203 Å². The van der Waals surface area contributed by atoms with E-state index in [-0.39, 0.29) is 23.7 Å². The Morgan fingerprint density at radius 2 is 1.94 bits per heavy atom. The van der Waals surface area contributed by atoms with Crippen molar-refractivity contribution in [3.63, 3.8) is 0 Å². The Kier molecular flexibility index (Phi) is 7.39. The average molecular weight is 508 g/mol. The van der Waals surface area contributed by atoms with Gasteiger partial charge in [0.2, 0.25) is 0 Å². The lowest BCUT2D eigenvalue weighted by Crippen LogP contribution is -2.56. The van der Waals surface area contributed by atoms with Crippen LogP contribution in [0, 0.1) is 5.92 Å². The predicted octanol–water partition coefficient (Wildman–Crippen LogP) is 1.37. The van der Waals surface area contributed by atoms with E-state index >= 15 is 0 Å². The van der Waals surface area contributed by atoms with Crippen molar-refractivity contribution in [2.45, 2.75) is 44.4 Å². The third-order valence-electron chi connectivity index (χ3n) is 5.70. The number of halogens is 1. The summed E-state index contributed by atoms with van der Waals surface area (Å²) in [6.07, 6.45) is 2.65. The Bertz CT molecular complexity index is 1080. The van der Waals surface area contributed by atoms with Gasteiger partial charge in [-0.2, -0.15) is 0 Å². The van der Waals surface area contributed by atoms with E-state index in [1.54, 1.807) is 0 Å². The molecule has 11 nitrogen and oxygen atoms in total. The largest absolute Gasteiger partial charge is 0.481 e. The Balaban J connectivity index is 1.42. The lowest BCUT2D eigenvalue weighted by atomic mass is 9.82. The van der Waals surface area contributed by atoms with Crippen molar-refractivity contribution in [1.82, 2.24) is 20.6 Å². The van der Waals surface area contributed by atoms with Crippen molar-refractivity contribution in [1.29, 1.82) is 0 Å². The van der Waals surface area contributed by atoms with Gasteiger partial charge in [-0.05, 0) is 31.4 Å². The van der Waals surface area contributed by atoms with Gasteiger partial charge in [-0.1, -0.05) is 11.6 Å². The number of ether oxygens (including phenoxy) is 1. The molecular formula is C21H22ClN5O6S. The molecule has 1 aliphatic heterocycles. The monoisotopic (exact) mass is 507 g/mol. The summed E-state index contributed by atoms with van der Waals surface area (Å²) in [4.78, 5) is 58.4. The average Bonchev–Trinajstić information content (AvgIpc) is 3.26. The van der Waals surface area contributed by atoms with Crippen LogP contribution in [-0.4, -0.2) is 57.5 Å². The molecular weight excluding hydrogens is 486 g/mol. The highest BCUT2D eigenvalue weighted by molar-refractivity contribution is 7.13. The van der Waals surface area contributed by atoms with Gasteiger partial charge in [-0.15, -0.1) is 11.3 Å². The normalized spacial score (nSPS) is 21.7. The number of aromatic nitrogens is 2. The van der Waals surface area contributed by atoms with Gasteiger partial charge in [-0.3, -0.25) is 19.2 Å². The summed E-state index contributed by atoms with van der Waals surface area (Å²) in [5, 5.41) is 17.9. The molecule has 0 aromatic carbocycles. The van der Waals surface area contributed by atoms with Crippen LogP contribution in [0.1, 0.15) is 39.6 Å². The summed E-state index contributed by atoms with van der Waals surface area (Å²) in [5.41, 5.74) is 0.825. The number of rotatable bonds is 5. The number of nitrogens with one attached hydrogen (secondary N) is 3. The first-order valence-corrected chi connectivity index (χ1v) is 11.8. The van der Waals surface area contributed by atoms with E-state index in [1.165, 1.54) is 29.7 Å². The Morgan fingerprint density at radius 1 is 1.12 bits per heavy atom. The fraction of sp³-hybridized carbons (Fsp3) is 0.429. The van der Waals surface area contributed by atoms with Crippen molar-refractivity contribution in [3.8, 4) is 0 Å². The van der Waals surface area contributed by atoms with Crippen molar-refractivity contribution >= 4 is 52.4 Å². The van der Waals surface area contributed by atoms with Crippen molar-refractivity contribution in [2.75, 3.05) is 11.9 Å². The number of carboxylic acid groups (broad SMARTS) is 1. The van der Waals surface area contributed by atoms with Crippen LogP contribution in [0.4, 0.5) is 5.82 Å². The third kappa shape index (κ3) is 5.69. The summed E-state index contributed by atoms with van der Waals surface area (Å²) in [6.45, 7) is 0.948. The first kappa shape index (κ1) is 24.0.